The number of aromatic nitrogens is 1. The van der Waals surface area contributed by atoms with Crippen LogP contribution in [0.1, 0.15) is 71.1 Å². The zero-order chi connectivity index (χ0) is 27.7. The summed E-state index contributed by atoms with van der Waals surface area (Å²) in [6.07, 6.45) is 2.00. The number of hydrogen-bond acceptors (Lipinski definition) is 5. The van der Waals surface area contributed by atoms with E-state index in [1.54, 1.807) is 17.0 Å². The van der Waals surface area contributed by atoms with E-state index < -0.39 is 11.5 Å². The summed E-state index contributed by atoms with van der Waals surface area (Å²) in [5.41, 5.74) is 10.6. The van der Waals surface area contributed by atoms with E-state index in [0.29, 0.717) is 37.1 Å². The first kappa shape index (κ1) is 26.7. The number of nitrogens with one attached hydrogen (secondary N) is 2. The summed E-state index contributed by atoms with van der Waals surface area (Å²) < 4.78 is 5.47. The molecule has 206 valence electrons. The summed E-state index contributed by atoms with van der Waals surface area (Å²) in [4.78, 5) is 44.5. The molecule has 3 amide bonds. The van der Waals surface area contributed by atoms with Crippen molar-refractivity contribution in [1.29, 1.82) is 0 Å². The van der Waals surface area contributed by atoms with Gasteiger partial charge in [-0.25, -0.2) is 4.79 Å². The van der Waals surface area contributed by atoms with Crippen LogP contribution in [-0.2, 0) is 24.2 Å². The minimum absolute atomic E-state index is 0.0171. The van der Waals surface area contributed by atoms with Crippen LogP contribution in [0.25, 0.3) is 10.9 Å². The molecule has 1 aromatic heterocycles. The number of amides is 3. The second-order valence-corrected chi connectivity index (χ2v) is 11.6. The third-order valence-electron chi connectivity index (χ3n) is 7.44. The Balaban J connectivity index is 1.22. The topological polar surface area (TPSA) is 121 Å². The molecule has 1 fully saturated rings. The summed E-state index contributed by atoms with van der Waals surface area (Å²) in [6.45, 7) is 9.18. The fraction of sp³-hybridized carbons (Fsp3) is 0.433. The number of carbonyl (C=O) groups excluding carboxylic acids is 3. The number of aromatic amines is 1. The first-order valence-corrected chi connectivity index (χ1v) is 13.6. The fourth-order valence-corrected chi connectivity index (χ4v) is 5.38. The molecule has 3 heterocycles. The molecule has 1 saturated heterocycles. The maximum atomic E-state index is 13.2. The molecule has 5 rings (SSSR count). The molecule has 0 spiro atoms. The molecule has 39 heavy (non-hydrogen) atoms. The van der Waals surface area contributed by atoms with Gasteiger partial charge >= 0.3 is 6.09 Å². The van der Waals surface area contributed by atoms with E-state index in [1.165, 1.54) is 11.3 Å². The van der Waals surface area contributed by atoms with E-state index in [2.05, 4.69) is 15.2 Å². The van der Waals surface area contributed by atoms with E-state index >= 15 is 0 Å². The lowest BCUT2D eigenvalue weighted by Crippen LogP contribution is -2.47. The van der Waals surface area contributed by atoms with Crippen molar-refractivity contribution in [3.8, 4) is 0 Å². The Hall–Kier alpha value is -3.85. The summed E-state index contributed by atoms with van der Waals surface area (Å²) in [5.74, 6) is -0.515. The van der Waals surface area contributed by atoms with E-state index in [4.69, 9.17) is 10.5 Å². The maximum Gasteiger partial charge on any atom is 0.410 e. The van der Waals surface area contributed by atoms with Gasteiger partial charge < -0.3 is 25.7 Å². The average Bonchev–Trinajstić information content (AvgIpc) is 3.25. The molecule has 0 bridgehead atoms. The zero-order valence-electron chi connectivity index (χ0n) is 22.9. The third kappa shape index (κ3) is 6.25. The van der Waals surface area contributed by atoms with Gasteiger partial charge in [-0.15, -0.1) is 0 Å². The average molecular weight is 532 g/mol. The standard InChI is InChI=1S/C30H37N5O4/c1-30(2,3)39-29(38)35-14-10-22(11-15-35)32-28(37)21-8-9-25-23(16-21)24-18-34(13-12-26(24)33-25)17-19-4-6-20(7-5-19)27(31)36/h4-9,16,22,33H,10-15,17-18H2,1-3H3,(H2,31,36)(H,32,37). The van der Waals surface area contributed by atoms with Crippen LogP contribution in [0.15, 0.2) is 42.5 Å². The molecule has 3 aromatic rings. The lowest BCUT2D eigenvalue weighted by molar-refractivity contribution is 0.0199. The first-order valence-electron chi connectivity index (χ1n) is 13.6. The van der Waals surface area contributed by atoms with Crippen LogP contribution in [0.5, 0.6) is 0 Å². The predicted molar refractivity (Wildman–Crippen MR) is 149 cm³/mol. The second-order valence-electron chi connectivity index (χ2n) is 11.6. The van der Waals surface area contributed by atoms with Crippen LogP contribution in [-0.4, -0.2) is 64.0 Å². The van der Waals surface area contributed by atoms with E-state index in [9.17, 15) is 14.4 Å². The number of fused-ring (bicyclic) bond motifs is 3. The van der Waals surface area contributed by atoms with Crippen molar-refractivity contribution in [2.24, 2.45) is 5.73 Å². The highest BCUT2D eigenvalue weighted by molar-refractivity contribution is 5.99. The van der Waals surface area contributed by atoms with Crippen molar-refractivity contribution in [3.63, 3.8) is 0 Å². The Morgan fingerprint density at radius 3 is 2.38 bits per heavy atom. The molecule has 0 aliphatic carbocycles. The Labute approximate surface area is 228 Å². The van der Waals surface area contributed by atoms with Crippen LogP contribution >= 0.6 is 0 Å². The number of benzene rings is 2. The van der Waals surface area contributed by atoms with Crippen LogP contribution in [0, 0.1) is 0 Å². The summed E-state index contributed by atoms with van der Waals surface area (Å²) in [6, 6.07) is 13.3. The molecule has 2 aliphatic rings. The third-order valence-corrected chi connectivity index (χ3v) is 7.44. The van der Waals surface area contributed by atoms with Gasteiger partial charge in [-0.2, -0.15) is 0 Å². The molecule has 9 heteroatoms. The van der Waals surface area contributed by atoms with Crippen molar-refractivity contribution in [2.45, 2.75) is 64.8 Å². The lowest BCUT2D eigenvalue weighted by Gasteiger charge is -2.33. The van der Waals surface area contributed by atoms with Gasteiger partial charge in [0, 0.05) is 72.9 Å². The SMILES string of the molecule is CC(C)(C)OC(=O)N1CCC(NC(=O)c2ccc3[nH]c4c(c3c2)CN(Cc2ccc(C(N)=O)cc2)CC4)CC1. The van der Waals surface area contributed by atoms with Gasteiger partial charge in [0.05, 0.1) is 0 Å². The van der Waals surface area contributed by atoms with Crippen molar-refractivity contribution in [1.82, 2.24) is 20.1 Å². The Morgan fingerprint density at radius 2 is 1.72 bits per heavy atom. The van der Waals surface area contributed by atoms with Gasteiger partial charge in [0.2, 0.25) is 5.91 Å². The number of hydrogen-bond donors (Lipinski definition) is 3. The van der Waals surface area contributed by atoms with Gasteiger partial charge in [-0.05, 0) is 75.1 Å². The number of H-pyrrole nitrogens is 1. The van der Waals surface area contributed by atoms with Crippen LogP contribution in [0.3, 0.4) is 0 Å². The first-order chi connectivity index (χ1) is 18.6. The highest BCUT2D eigenvalue weighted by Gasteiger charge is 2.28. The molecular formula is C30H37N5O4. The van der Waals surface area contributed by atoms with Crippen LogP contribution in [0.2, 0.25) is 0 Å². The van der Waals surface area contributed by atoms with Crippen molar-refractivity contribution >= 4 is 28.8 Å². The van der Waals surface area contributed by atoms with Crippen molar-refractivity contribution in [2.75, 3.05) is 19.6 Å². The highest BCUT2D eigenvalue weighted by atomic mass is 16.6. The number of carbonyl (C=O) groups is 3. The predicted octanol–water partition coefficient (Wildman–Crippen LogP) is 3.95. The van der Waals surface area contributed by atoms with Crippen LogP contribution < -0.4 is 11.1 Å². The summed E-state index contributed by atoms with van der Waals surface area (Å²) in [5, 5.41) is 4.24. The van der Waals surface area contributed by atoms with Crippen molar-refractivity contribution in [3.05, 3.63) is 70.4 Å². The molecule has 0 saturated carbocycles. The zero-order valence-corrected chi connectivity index (χ0v) is 22.9. The minimum Gasteiger partial charge on any atom is -0.444 e. The minimum atomic E-state index is -0.521. The number of nitrogens with two attached hydrogens (primary N) is 1. The molecule has 0 radical (unpaired) electrons. The molecular weight excluding hydrogens is 494 g/mol. The Morgan fingerprint density at radius 1 is 1.03 bits per heavy atom. The largest absolute Gasteiger partial charge is 0.444 e. The molecule has 0 unspecified atom stereocenters. The number of piperidine rings is 1. The van der Waals surface area contributed by atoms with Gasteiger partial charge in [0.25, 0.3) is 5.91 Å². The summed E-state index contributed by atoms with van der Waals surface area (Å²) >= 11 is 0. The molecule has 4 N–H and O–H groups in total. The smallest absolute Gasteiger partial charge is 0.410 e. The van der Waals surface area contributed by atoms with E-state index in [-0.39, 0.29) is 18.0 Å². The van der Waals surface area contributed by atoms with E-state index in [0.717, 1.165) is 42.5 Å². The summed E-state index contributed by atoms with van der Waals surface area (Å²) in [7, 11) is 0. The number of likely N-dealkylation sites (tertiary alicyclic amines) is 1. The van der Waals surface area contributed by atoms with Gasteiger partial charge in [-0.3, -0.25) is 14.5 Å². The number of primary amides is 1. The fourth-order valence-electron chi connectivity index (χ4n) is 5.38. The normalized spacial score (nSPS) is 16.6. The Kier molecular flexibility index (Phi) is 7.36. The lowest BCUT2D eigenvalue weighted by atomic mass is 10.0. The van der Waals surface area contributed by atoms with E-state index in [1.807, 2.05) is 51.1 Å². The highest BCUT2D eigenvalue weighted by Crippen LogP contribution is 2.29. The number of nitrogens with zero attached hydrogens (tertiary/aromatic N) is 2. The van der Waals surface area contributed by atoms with Gasteiger partial charge in [-0.1, -0.05) is 12.1 Å². The monoisotopic (exact) mass is 531 g/mol. The molecule has 0 atom stereocenters. The van der Waals surface area contributed by atoms with Crippen molar-refractivity contribution < 1.29 is 19.1 Å². The van der Waals surface area contributed by atoms with Crippen LogP contribution in [0.4, 0.5) is 4.79 Å². The maximum absolute atomic E-state index is 13.2. The molecule has 2 aromatic carbocycles. The van der Waals surface area contributed by atoms with Gasteiger partial charge in [0.1, 0.15) is 5.60 Å². The molecule has 9 nitrogen and oxygen atoms in total. The second kappa shape index (κ2) is 10.7. The number of ether oxygens (including phenoxy) is 1. The number of rotatable bonds is 5. The Bertz CT molecular complexity index is 1380. The quantitative estimate of drug-likeness (QED) is 0.460. The van der Waals surface area contributed by atoms with Gasteiger partial charge in [0.15, 0.2) is 0 Å². The molecule has 2 aliphatic heterocycles.